The van der Waals surface area contributed by atoms with Crippen LogP contribution in [0.4, 0.5) is 0 Å². The molecule has 0 saturated heterocycles. The first kappa shape index (κ1) is 9.22. The Hall–Kier alpha value is -0.870. The second-order valence-corrected chi connectivity index (χ2v) is 4.00. The maximum Gasteiger partial charge on any atom is 0.269 e. The summed E-state index contributed by atoms with van der Waals surface area (Å²) in [4.78, 5) is 0. The molecule has 3 nitrogen and oxygen atoms in total. The van der Waals surface area contributed by atoms with Gasteiger partial charge in [0, 0.05) is 0 Å². The third kappa shape index (κ3) is 3.02. The number of rotatable bonds is 2. The molecule has 4 heteroatoms. The maximum atomic E-state index is 10.4. The van der Waals surface area contributed by atoms with Crippen LogP contribution in [0.3, 0.4) is 0 Å². The molecule has 0 aliphatic heterocycles. The molecule has 0 aromatic heterocycles. The Kier molecular flexibility index (Phi) is 2.49. The fourth-order valence-electron chi connectivity index (χ4n) is 0.930. The molecule has 1 aromatic rings. The highest BCUT2D eigenvalue weighted by atomic mass is 32.2. The molecule has 0 unspecified atom stereocenters. The molecule has 1 aromatic carbocycles. The van der Waals surface area contributed by atoms with E-state index < -0.39 is 10.1 Å². The summed E-state index contributed by atoms with van der Waals surface area (Å²) in [7, 11) is -3.92. The Bertz CT molecular complexity index is 368. The van der Waals surface area contributed by atoms with E-state index in [0.717, 1.165) is 5.56 Å². The lowest BCUT2D eigenvalue weighted by molar-refractivity contribution is 0.482. The number of hydrogen-bond acceptors (Lipinski definition) is 2. The first-order chi connectivity index (χ1) is 5.47. The van der Waals surface area contributed by atoms with Crippen LogP contribution in [0.2, 0.25) is 0 Å². The zero-order valence-electron chi connectivity index (χ0n) is 6.40. The van der Waals surface area contributed by atoms with Crippen molar-refractivity contribution < 1.29 is 13.0 Å². The zero-order chi connectivity index (χ0) is 9.19. The van der Waals surface area contributed by atoms with Gasteiger partial charge in [-0.3, -0.25) is 4.55 Å². The summed E-state index contributed by atoms with van der Waals surface area (Å²) < 4.78 is 29.4. The molecule has 0 atom stereocenters. The van der Waals surface area contributed by atoms with Gasteiger partial charge in [-0.2, -0.15) is 8.42 Å². The van der Waals surface area contributed by atoms with Crippen molar-refractivity contribution in [2.45, 2.75) is 5.75 Å². The van der Waals surface area contributed by atoms with Gasteiger partial charge in [0.25, 0.3) is 10.1 Å². The Morgan fingerprint density at radius 3 is 2.58 bits per heavy atom. The molecule has 65 valence electrons. The fraction of sp³-hybridized carbons (Fsp3) is 0.125. The topological polar surface area (TPSA) is 54.4 Å². The van der Waals surface area contributed by atoms with Crippen LogP contribution in [0, 0.1) is 6.92 Å². The van der Waals surface area contributed by atoms with E-state index in [1.54, 1.807) is 24.3 Å². The molecule has 1 radical (unpaired) electrons. The monoisotopic (exact) mass is 185 g/mol. The Balaban J connectivity index is 2.91. The summed E-state index contributed by atoms with van der Waals surface area (Å²) in [6.07, 6.45) is 0. The number of benzene rings is 1. The minimum Gasteiger partial charge on any atom is -0.285 e. The molecule has 1 rings (SSSR count). The largest absolute Gasteiger partial charge is 0.285 e. The molecule has 12 heavy (non-hydrogen) atoms. The van der Waals surface area contributed by atoms with Gasteiger partial charge in [-0.25, -0.2) is 0 Å². The van der Waals surface area contributed by atoms with E-state index in [0.29, 0.717) is 5.56 Å². The highest BCUT2D eigenvalue weighted by Gasteiger charge is 2.05. The second kappa shape index (κ2) is 3.25. The van der Waals surface area contributed by atoms with Gasteiger partial charge >= 0.3 is 0 Å². The van der Waals surface area contributed by atoms with E-state index in [1.165, 1.54) is 0 Å². The predicted octanol–water partition coefficient (Wildman–Crippen LogP) is 1.26. The molecule has 0 heterocycles. The van der Waals surface area contributed by atoms with Gasteiger partial charge in [-0.05, 0) is 18.1 Å². The van der Waals surface area contributed by atoms with Crippen LogP contribution in [0.15, 0.2) is 24.3 Å². The van der Waals surface area contributed by atoms with Crippen molar-refractivity contribution in [1.29, 1.82) is 0 Å². The Labute approximate surface area is 71.8 Å². The summed E-state index contributed by atoms with van der Waals surface area (Å²) in [5.41, 5.74) is 1.28. The van der Waals surface area contributed by atoms with Crippen LogP contribution in [0.5, 0.6) is 0 Å². The average molecular weight is 185 g/mol. The van der Waals surface area contributed by atoms with Gasteiger partial charge in [-0.1, -0.05) is 24.3 Å². The highest BCUT2D eigenvalue weighted by Crippen LogP contribution is 2.06. The molecular weight excluding hydrogens is 176 g/mol. The lowest BCUT2D eigenvalue weighted by atomic mass is 10.2. The van der Waals surface area contributed by atoms with Crippen LogP contribution in [0.25, 0.3) is 0 Å². The minimum absolute atomic E-state index is 0.351. The second-order valence-electron chi connectivity index (χ2n) is 2.55. The van der Waals surface area contributed by atoms with Crippen molar-refractivity contribution in [2.24, 2.45) is 0 Å². The van der Waals surface area contributed by atoms with Crippen molar-refractivity contribution in [3.05, 3.63) is 42.3 Å². The predicted molar refractivity (Wildman–Crippen MR) is 46.2 cm³/mol. The average Bonchev–Trinajstić information content (AvgIpc) is 1.82. The minimum atomic E-state index is -3.92. The van der Waals surface area contributed by atoms with Gasteiger partial charge in [0.05, 0.1) is 0 Å². The molecule has 0 spiro atoms. The van der Waals surface area contributed by atoms with E-state index >= 15 is 0 Å². The van der Waals surface area contributed by atoms with E-state index in [1.807, 2.05) is 0 Å². The van der Waals surface area contributed by atoms with Crippen LogP contribution in [0.1, 0.15) is 11.1 Å². The molecule has 0 aliphatic rings. The van der Waals surface area contributed by atoms with E-state index in [-0.39, 0.29) is 5.75 Å². The Morgan fingerprint density at radius 1 is 1.42 bits per heavy atom. The molecule has 0 fully saturated rings. The molecular formula is C8H9O3S. The van der Waals surface area contributed by atoms with Crippen LogP contribution >= 0.6 is 0 Å². The lowest BCUT2D eigenvalue weighted by Crippen LogP contribution is -2.01. The van der Waals surface area contributed by atoms with Crippen LogP contribution in [-0.4, -0.2) is 13.0 Å². The summed E-state index contributed by atoms with van der Waals surface area (Å²) >= 11 is 0. The molecule has 1 N–H and O–H groups in total. The quantitative estimate of drug-likeness (QED) is 0.705. The van der Waals surface area contributed by atoms with Crippen molar-refractivity contribution in [1.82, 2.24) is 0 Å². The van der Waals surface area contributed by atoms with E-state index in [2.05, 4.69) is 6.92 Å². The summed E-state index contributed by atoms with van der Waals surface area (Å²) in [6, 6.07) is 6.70. The summed E-state index contributed by atoms with van der Waals surface area (Å²) in [5, 5.41) is 0. The SMILES string of the molecule is [CH2]c1cccc(CS(=O)(=O)O)c1. The van der Waals surface area contributed by atoms with Crippen molar-refractivity contribution in [3.8, 4) is 0 Å². The van der Waals surface area contributed by atoms with Crippen molar-refractivity contribution in [3.63, 3.8) is 0 Å². The van der Waals surface area contributed by atoms with Gasteiger partial charge < -0.3 is 0 Å². The smallest absolute Gasteiger partial charge is 0.269 e. The van der Waals surface area contributed by atoms with Crippen molar-refractivity contribution in [2.75, 3.05) is 0 Å². The first-order valence-electron chi connectivity index (χ1n) is 3.33. The van der Waals surface area contributed by atoms with Gasteiger partial charge in [0.1, 0.15) is 5.75 Å². The fourth-order valence-corrected chi connectivity index (χ4v) is 1.53. The molecule has 0 bridgehead atoms. The van der Waals surface area contributed by atoms with Gasteiger partial charge in [0.15, 0.2) is 0 Å². The third-order valence-electron chi connectivity index (χ3n) is 1.34. The van der Waals surface area contributed by atoms with Crippen molar-refractivity contribution >= 4 is 10.1 Å². The van der Waals surface area contributed by atoms with Crippen LogP contribution in [-0.2, 0) is 15.9 Å². The van der Waals surface area contributed by atoms with Gasteiger partial charge in [-0.15, -0.1) is 0 Å². The zero-order valence-corrected chi connectivity index (χ0v) is 7.21. The molecule has 0 amide bonds. The van der Waals surface area contributed by atoms with Crippen LogP contribution < -0.4 is 0 Å². The van der Waals surface area contributed by atoms with E-state index in [9.17, 15) is 8.42 Å². The first-order valence-corrected chi connectivity index (χ1v) is 4.94. The Morgan fingerprint density at radius 2 is 2.08 bits per heavy atom. The molecule has 0 saturated carbocycles. The third-order valence-corrected chi connectivity index (χ3v) is 2.04. The summed E-state index contributed by atoms with van der Waals surface area (Å²) in [5.74, 6) is -0.351. The van der Waals surface area contributed by atoms with Gasteiger partial charge in [0.2, 0.25) is 0 Å². The number of hydrogen-bond donors (Lipinski definition) is 1. The van der Waals surface area contributed by atoms with E-state index in [4.69, 9.17) is 4.55 Å². The highest BCUT2D eigenvalue weighted by molar-refractivity contribution is 7.85. The molecule has 0 aliphatic carbocycles. The normalized spacial score (nSPS) is 11.5. The summed E-state index contributed by atoms with van der Waals surface area (Å²) in [6.45, 7) is 3.63. The maximum absolute atomic E-state index is 10.4. The lowest BCUT2D eigenvalue weighted by Gasteiger charge is -1.98. The standard InChI is InChI=1S/C8H9O3S/c1-7-3-2-4-8(5-7)6-12(9,10)11/h2-5H,1,6H2,(H,9,10,11).